The number of fused-ring (bicyclic) bond motifs is 1. The molecule has 4 aromatic rings. The van der Waals surface area contributed by atoms with Crippen molar-refractivity contribution >= 4 is 28.2 Å². The summed E-state index contributed by atoms with van der Waals surface area (Å²) in [6.45, 7) is 0.900. The number of anilines is 2. The molecule has 0 radical (unpaired) electrons. The average Bonchev–Trinajstić information content (AvgIpc) is 2.97. The maximum Gasteiger partial charge on any atom is 0.418 e. The van der Waals surface area contributed by atoms with Crippen molar-refractivity contribution in [2.24, 2.45) is 5.73 Å². The standard InChI is InChI=1S/C31H31F3N4O4/c1-40-28-17-23-25(18-29(28)41-2)36-11-8-27(23)42-22-5-3-4-19(14-22)15-30(39)37-21-6-7-26(24(16-21)31(32,33)34)38-12-9-20(35)10-13-38/h3-8,11,14,16-18,20H,9-10,12-13,15,35H2,1-2H3,(H,37,39). The number of rotatable bonds is 8. The van der Waals surface area contributed by atoms with Gasteiger partial charge < -0.3 is 30.2 Å². The molecule has 1 fully saturated rings. The van der Waals surface area contributed by atoms with Crippen LogP contribution in [0.4, 0.5) is 24.5 Å². The molecule has 0 bridgehead atoms. The third kappa shape index (κ3) is 6.52. The quantitative estimate of drug-likeness (QED) is 0.257. The molecule has 220 valence electrons. The third-order valence-corrected chi connectivity index (χ3v) is 7.16. The molecule has 1 aliphatic rings. The normalized spacial score (nSPS) is 14.1. The molecule has 1 aliphatic heterocycles. The number of alkyl halides is 3. The Morgan fingerprint density at radius 2 is 1.74 bits per heavy atom. The van der Waals surface area contributed by atoms with E-state index in [1.165, 1.54) is 19.2 Å². The number of nitrogens with zero attached hydrogens (tertiary/aromatic N) is 2. The molecule has 1 saturated heterocycles. The molecule has 3 N–H and O–H groups in total. The lowest BCUT2D eigenvalue weighted by molar-refractivity contribution is -0.137. The van der Waals surface area contributed by atoms with Gasteiger partial charge in [0, 0.05) is 48.2 Å². The molecule has 5 rings (SSSR count). The van der Waals surface area contributed by atoms with Crippen LogP contribution in [0.25, 0.3) is 10.9 Å². The van der Waals surface area contributed by atoms with Crippen molar-refractivity contribution in [2.75, 3.05) is 37.5 Å². The van der Waals surface area contributed by atoms with Gasteiger partial charge in [0.1, 0.15) is 11.5 Å². The Hall–Kier alpha value is -4.51. The number of piperidine rings is 1. The van der Waals surface area contributed by atoms with Crippen LogP contribution in [0.15, 0.2) is 66.9 Å². The molecule has 8 nitrogen and oxygen atoms in total. The fraction of sp³-hybridized carbons (Fsp3) is 0.290. The fourth-order valence-corrected chi connectivity index (χ4v) is 5.03. The highest BCUT2D eigenvalue weighted by Gasteiger charge is 2.36. The zero-order valence-corrected chi connectivity index (χ0v) is 23.2. The Bertz CT molecular complexity index is 1590. The van der Waals surface area contributed by atoms with E-state index in [1.807, 2.05) is 0 Å². The number of methoxy groups -OCH3 is 2. The number of pyridine rings is 1. The van der Waals surface area contributed by atoms with E-state index in [0.717, 1.165) is 6.07 Å². The summed E-state index contributed by atoms with van der Waals surface area (Å²) in [5.74, 6) is 1.61. The number of nitrogens with one attached hydrogen (secondary N) is 1. The molecule has 3 aromatic carbocycles. The van der Waals surface area contributed by atoms with E-state index < -0.39 is 17.6 Å². The van der Waals surface area contributed by atoms with Crippen molar-refractivity contribution in [3.05, 3.63) is 78.0 Å². The molecule has 2 heterocycles. The molecule has 0 spiro atoms. The number of halogens is 3. The zero-order chi connectivity index (χ0) is 29.9. The van der Waals surface area contributed by atoms with Crippen LogP contribution < -0.4 is 30.2 Å². The van der Waals surface area contributed by atoms with Crippen molar-refractivity contribution in [3.8, 4) is 23.0 Å². The van der Waals surface area contributed by atoms with E-state index in [9.17, 15) is 18.0 Å². The van der Waals surface area contributed by atoms with Crippen LogP contribution in [0.1, 0.15) is 24.0 Å². The fourth-order valence-electron chi connectivity index (χ4n) is 5.03. The lowest BCUT2D eigenvalue weighted by Gasteiger charge is -2.33. The topological polar surface area (TPSA) is 98.9 Å². The Morgan fingerprint density at radius 1 is 1.00 bits per heavy atom. The number of ether oxygens (including phenoxy) is 3. The van der Waals surface area contributed by atoms with Gasteiger partial charge in [-0.3, -0.25) is 9.78 Å². The van der Waals surface area contributed by atoms with Gasteiger partial charge in [-0.2, -0.15) is 13.2 Å². The van der Waals surface area contributed by atoms with Crippen LogP contribution in [-0.2, 0) is 17.4 Å². The molecular formula is C31H31F3N4O4. The Morgan fingerprint density at radius 3 is 2.45 bits per heavy atom. The predicted octanol–water partition coefficient (Wildman–Crippen LogP) is 6.17. The van der Waals surface area contributed by atoms with Gasteiger partial charge in [-0.25, -0.2) is 0 Å². The van der Waals surface area contributed by atoms with Crippen LogP contribution in [0.3, 0.4) is 0 Å². The summed E-state index contributed by atoms with van der Waals surface area (Å²) in [4.78, 5) is 18.9. The predicted molar refractivity (Wildman–Crippen MR) is 155 cm³/mol. The van der Waals surface area contributed by atoms with Crippen LogP contribution in [0.2, 0.25) is 0 Å². The summed E-state index contributed by atoms with van der Waals surface area (Å²) >= 11 is 0. The second kappa shape index (κ2) is 12.2. The number of hydrogen-bond donors (Lipinski definition) is 2. The SMILES string of the molecule is COc1cc2nccc(Oc3cccc(CC(=O)Nc4ccc(N5CCC(N)CC5)c(C(F)(F)F)c4)c3)c2cc1OC. The van der Waals surface area contributed by atoms with Gasteiger partial charge in [0.2, 0.25) is 5.91 Å². The van der Waals surface area contributed by atoms with E-state index in [0.29, 0.717) is 65.4 Å². The van der Waals surface area contributed by atoms with Crippen molar-refractivity contribution < 1.29 is 32.2 Å². The van der Waals surface area contributed by atoms with Crippen molar-refractivity contribution in [3.63, 3.8) is 0 Å². The lowest BCUT2D eigenvalue weighted by atomic mass is 10.0. The van der Waals surface area contributed by atoms with E-state index in [1.54, 1.807) is 60.7 Å². The molecule has 1 aromatic heterocycles. The van der Waals surface area contributed by atoms with E-state index in [4.69, 9.17) is 19.9 Å². The number of aromatic nitrogens is 1. The summed E-state index contributed by atoms with van der Waals surface area (Å²) in [6.07, 6.45) is -1.78. The van der Waals surface area contributed by atoms with Crippen LogP contribution in [0.5, 0.6) is 23.0 Å². The number of hydrogen-bond acceptors (Lipinski definition) is 7. The largest absolute Gasteiger partial charge is 0.493 e. The third-order valence-electron chi connectivity index (χ3n) is 7.16. The highest BCUT2D eigenvalue weighted by molar-refractivity contribution is 5.93. The monoisotopic (exact) mass is 580 g/mol. The number of nitrogens with two attached hydrogens (primary N) is 1. The minimum Gasteiger partial charge on any atom is -0.493 e. The second-order valence-corrected chi connectivity index (χ2v) is 10.1. The maximum absolute atomic E-state index is 14.0. The molecule has 0 aliphatic carbocycles. The van der Waals surface area contributed by atoms with E-state index in [-0.39, 0.29) is 23.8 Å². The van der Waals surface area contributed by atoms with Gasteiger partial charge >= 0.3 is 6.18 Å². The molecule has 11 heteroatoms. The van der Waals surface area contributed by atoms with Crippen molar-refractivity contribution in [1.29, 1.82) is 0 Å². The van der Waals surface area contributed by atoms with Crippen molar-refractivity contribution in [1.82, 2.24) is 4.98 Å². The summed E-state index contributed by atoms with van der Waals surface area (Å²) in [5.41, 5.74) is 6.57. The van der Waals surface area contributed by atoms with Crippen LogP contribution >= 0.6 is 0 Å². The first-order valence-corrected chi connectivity index (χ1v) is 13.4. The smallest absolute Gasteiger partial charge is 0.418 e. The number of carbonyl (C=O) groups is 1. The van der Waals surface area contributed by atoms with Crippen LogP contribution in [-0.4, -0.2) is 44.2 Å². The Kier molecular flexibility index (Phi) is 8.39. The molecule has 1 amide bonds. The van der Waals surface area contributed by atoms with Crippen LogP contribution in [0, 0.1) is 0 Å². The lowest BCUT2D eigenvalue weighted by Crippen LogP contribution is -2.40. The van der Waals surface area contributed by atoms with Gasteiger partial charge in [-0.15, -0.1) is 0 Å². The van der Waals surface area contributed by atoms with Gasteiger partial charge in [-0.05, 0) is 60.9 Å². The molecule has 0 atom stereocenters. The minimum absolute atomic E-state index is 0.00489. The summed E-state index contributed by atoms with van der Waals surface area (Å²) in [7, 11) is 3.08. The molecule has 0 unspecified atom stereocenters. The molecular weight excluding hydrogens is 549 g/mol. The summed E-state index contributed by atoms with van der Waals surface area (Å²) in [6, 6.07) is 16.1. The number of benzene rings is 3. The summed E-state index contributed by atoms with van der Waals surface area (Å²) in [5, 5.41) is 3.31. The first kappa shape index (κ1) is 29.0. The van der Waals surface area contributed by atoms with Gasteiger partial charge in [0.05, 0.1) is 31.7 Å². The maximum atomic E-state index is 14.0. The molecule has 0 saturated carbocycles. The highest BCUT2D eigenvalue weighted by atomic mass is 19.4. The zero-order valence-electron chi connectivity index (χ0n) is 23.2. The second-order valence-electron chi connectivity index (χ2n) is 10.1. The minimum atomic E-state index is -4.58. The first-order chi connectivity index (χ1) is 20.1. The highest BCUT2D eigenvalue weighted by Crippen LogP contribution is 2.40. The average molecular weight is 581 g/mol. The summed E-state index contributed by atoms with van der Waals surface area (Å²) < 4.78 is 58.7. The van der Waals surface area contributed by atoms with E-state index in [2.05, 4.69) is 10.3 Å². The first-order valence-electron chi connectivity index (χ1n) is 13.4. The van der Waals surface area contributed by atoms with E-state index >= 15 is 0 Å². The number of amides is 1. The van der Waals surface area contributed by atoms with Gasteiger partial charge in [0.15, 0.2) is 11.5 Å². The Balaban J connectivity index is 1.31. The Labute approximate surface area is 241 Å². The van der Waals surface area contributed by atoms with Crippen molar-refractivity contribution in [2.45, 2.75) is 31.5 Å². The molecule has 42 heavy (non-hydrogen) atoms. The van der Waals surface area contributed by atoms with Gasteiger partial charge in [-0.1, -0.05) is 12.1 Å². The number of carbonyl (C=O) groups excluding carboxylic acids is 1. The van der Waals surface area contributed by atoms with Gasteiger partial charge in [0.25, 0.3) is 0 Å².